The van der Waals surface area contributed by atoms with Crippen LogP contribution in [-0.2, 0) is 6.18 Å². The number of aryl methyl sites for hydroxylation is 2. The summed E-state index contributed by atoms with van der Waals surface area (Å²) < 4.78 is 38.3. The highest BCUT2D eigenvalue weighted by Gasteiger charge is 2.33. The summed E-state index contributed by atoms with van der Waals surface area (Å²) in [5.41, 5.74) is 1.06. The average molecular weight is 225 g/mol. The van der Waals surface area contributed by atoms with Crippen molar-refractivity contribution in [1.29, 1.82) is 0 Å². The average Bonchev–Trinajstić information content (AvgIpc) is 2.14. The Labute approximate surface area is 90.9 Å². The molecular formula is C12H10F3N. The molecule has 0 saturated heterocycles. The lowest BCUT2D eigenvalue weighted by Gasteiger charge is -2.11. The first-order valence-corrected chi connectivity index (χ1v) is 4.83. The Morgan fingerprint density at radius 1 is 1.06 bits per heavy atom. The highest BCUT2D eigenvalue weighted by Crippen LogP contribution is 2.34. The number of fused-ring (bicyclic) bond motifs is 1. The number of alkyl halides is 3. The van der Waals surface area contributed by atoms with Gasteiger partial charge in [-0.15, -0.1) is 0 Å². The molecule has 0 N–H and O–H groups in total. The molecule has 0 aliphatic heterocycles. The fraction of sp³-hybridized carbons (Fsp3) is 0.250. The highest BCUT2D eigenvalue weighted by molar-refractivity contribution is 5.83. The summed E-state index contributed by atoms with van der Waals surface area (Å²) >= 11 is 0. The molecule has 1 nitrogen and oxygen atoms in total. The number of halogens is 3. The molecule has 0 aliphatic rings. The van der Waals surface area contributed by atoms with Gasteiger partial charge in [-0.2, -0.15) is 13.2 Å². The van der Waals surface area contributed by atoms with Crippen molar-refractivity contribution >= 4 is 10.9 Å². The van der Waals surface area contributed by atoms with Crippen LogP contribution < -0.4 is 0 Å². The van der Waals surface area contributed by atoms with Gasteiger partial charge in [0.1, 0.15) is 0 Å². The van der Waals surface area contributed by atoms with E-state index in [-0.39, 0.29) is 5.39 Å². The number of nitrogens with zero attached hydrogens (tertiary/aromatic N) is 1. The van der Waals surface area contributed by atoms with E-state index in [1.165, 1.54) is 6.07 Å². The zero-order chi connectivity index (χ0) is 11.9. The van der Waals surface area contributed by atoms with Crippen molar-refractivity contribution in [2.45, 2.75) is 20.0 Å². The third-order valence-corrected chi connectivity index (χ3v) is 2.40. The SMILES string of the molecule is Cc1ccc2c(C(F)(F)F)cc(C)nc2c1. The van der Waals surface area contributed by atoms with Gasteiger partial charge in [0.25, 0.3) is 0 Å². The molecule has 1 aromatic heterocycles. The molecule has 4 heteroatoms. The zero-order valence-electron chi connectivity index (χ0n) is 8.89. The zero-order valence-corrected chi connectivity index (χ0v) is 8.89. The van der Waals surface area contributed by atoms with E-state index in [2.05, 4.69) is 4.98 Å². The summed E-state index contributed by atoms with van der Waals surface area (Å²) in [6.45, 7) is 3.40. The third kappa shape index (κ3) is 1.87. The van der Waals surface area contributed by atoms with Gasteiger partial charge >= 0.3 is 6.18 Å². The number of pyridine rings is 1. The van der Waals surface area contributed by atoms with Crippen LogP contribution in [0.3, 0.4) is 0 Å². The van der Waals surface area contributed by atoms with Crippen molar-refractivity contribution in [3.05, 3.63) is 41.1 Å². The van der Waals surface area contributed by atoms with Crippen LogP contribution in [0, 0.1) is 13.8 Å². The second-order valence-corrected chi connectivity index (χ2v) is 3.83. The van der Waals surface area contributed by atoms with Gasteiger partial charge in [0, 0.05) is 11.1 Å². The lowest BCUT2D eigenvalue weighted by Crippen LogP contribution is -2.07. The first-order valence-electron chi connectivity index (χ1n) is 4.83. The largest absolute Gasteiger partial charge is 0.417 e. The maximum atomic E-state index is 12.8. The molecule has 0 unspecified atom stereocenters. The summed E-state index contributed by atoms with van der Waals surface area (Å²) in [5, 5.41) is 0.156. The van der Waals surface area contributed by atoms with Crippen LogP contribution in [0.15, 0.2) is 24.3 Å². The van der Waals surface area contributed by atoms with Crippen molar-refractivity contribution in [2.75, 3.05) is 0 Å². The minimum atomic E-state index is -4.33. The molecule has 1 heterocycles. The Bertz CT molecular complexity index is 538. The Kier molecular flexibility index (Phi) is 2.37. The van der Waals surface area contributed by atoms with Crippen molar-refractivity contribution in [3.63, 3.8) is 0 Å². The van der Waals surface area contributed by atoms with Crippen molar-refractivity contribution < 1.29 is 13.2 Å². The van der Waals surface area contributed by atoms with Gasteiger partial charge in [-0.25, -0.2) is 0 Å². The first-order chi connectivity index (χ1) is 7.38. The minimum Gasteiger partial charge on any atom is -0.253 e. The van der Waals surface area contributed by atoms with Gasteiger partial charge in [-0.1, -0.05) is 12.1 Å². The Morgan fingerprint density at radius 2 is 1.75 bits per heavy atom. The standard InChI is InChI=1S/C12H10F3N/c1-7-3-4-9-10(12(13,14)15)6-8(2)16-11(9)5-7/h3-6H,1-2H3. The Hall–Kier alpha value is -1.58. The third-order valence-electron chi connectivity index (χ3n) is 2.40. The summed E-state index contributed by atoms with van der Waals surface area (Å²) in [7, 11) is 0. The summed E-state index contributed by atoms with van der Waals surface area (Å²) in [5.74, 6) is 0. The quantitative estimate of drug-likeness (QED) is 0.663. The minimum absolute atomic E-state index is 0.156. The molecule has 0 amide bonds. The smallest absolute Gasteiger partial charge is 0.253 e. The van der Waals surface area contributed by atoms with Gasteiger partial charge in [0.2, 0.25) is 0 Å². The highest BCUT2D eigenvalue weighted by atomic mass is 19.4. The molecule has 0 atom stereocenters. The topological polar surface area (TPSA) is 12.9 Å². The van der Waals surface area contributed by atoms with E-state index < -0.39 is 11.7 Å². The molecule has 2 aromatic rings. The summed E-state index contributed by atoms with van der Waals surface area (Å²) in [4.78, 5) is 4.11. The fourth-order valence-electron chi connectivity index (χ4n) is 1.71. The molecule has 2 rings (SSSR count). The van der Waals surface area contributed by atoms with Crippen molar-refractivity contribution in [1.82, 2.24) is 4.98 Å². The number of aromatic nitrogens is 1. The fourth-order valence-corrected chi connectivity index (χ4v) is 1.71. The van der Waals surface area contributed by atoms with E-state index in [1.54, 1.807) is 19.1 Å². The van der Waals surface area contributed by atoms with Crippen LogP contribution in [0.25, 0.3) is 10.9 Å². The van der Waals surface area contributed by atoms with Crippen LogP contribution in [0.5, 0.6) is 0 Å². The molecule has 0 bridgehead atoms. The van der Waals surface area contributed by atoms with Crippen molar-refractivity contribution in [3.8, 4) is 0 Å². The molecule has 0 aliphatic carbocycles. The van der Waals surface area contributed by atoms with Gasteiger partial charge in [-0.05, 0) is 31.5 Å². The van der Waals surface area contributed by atoms with E-state index in [4.69, 9.17) is 0 Å². The monoisotopic (exact) mass is 225 g/mol. The molecule has 0 saturated carbocycles. The molecule has 1 aromatic carbocycles. The van der Waals surface area contributed by atoms with E-state index >= 15 is 0 Å². The van der Waals surface area contributed by atoms with E-state index in [0.29, 0.717) is 11.2 Å². The molecule has 0 fully saturated rings. The maximum Gasteiger partial charge on any atom is 0.417 e. The number of benzene rings is 1. The second-order valence-electron chi connectivity index (χ2n) is 3.83. The van der Waals surface area contributed by atoms with E-state index in [0.717, 1.165) is 11.6 Å². The Morgan fingerprint density at radius 3 is 2.38 bits per heavy atom. The van der Waals surface area contributed by atoms with Crippen molar-refractivity contribution in [2.24, 2.45) is 0 Å². The summed E-state index contributed by atoms with van der Waals surface area (Å²) in [6.07, 6.45) is -4.33. The van der Waals surface area contributed by atoms with Gasteiger partial charge in [0.15, 0.2) is 0 Å². The Balaban J connectivity index is 2.83. The number of rotatable bonds is 0. The van der Waals surface area contributed by atoms with Gasteiger partial charge in [-0.3, -0.25) is 4.98 Å². The normalized spacial score (nSPS) is 12.1. The second kappa shape index (κ2) is 3.47. The summed E-state index contributed by atoms with van der Waals surface area (Å²) in [6, 6.07) is 5.88. The first kappa shape index (κ1) is 10.9. The van der Waals surface area contributed by atoms with Gasteiger partial charge < -0.3 is 0 Å². The van der Waals surface area contributed by atoms with E-state index in [1.807, 2.05) is 6.92 Å². The molecule has 84 valence electrons. The molecule has 0 spiro atoms. The van der Waals surface area contributed by atoms with Crippen LogP contribution in [-0.4, -0.2) is 4.98 Å². The predicted octanol–water partition coefficient (Wildman–Crippen LogP) is 3.87. The molecule has 16 heavy (non-hydrogen) atoms. The lowest BCUT2D eigenvalue weighted by atomic mass is 10.1. The predicted molar refractivity (Wildman–Crippen MR) is 56.2 cm³/mol. The number of hydrogen-bond donors (Lipinski definition) is 0. The van der Waals surface area contributed by atoms with Crippen LogP contribution in [0.4, 0.5) is 13.2 Å². The maximum absolute atomic E-state index is 12.8. The molecule has 0 radical (unpaired) electrons. The van der Waals surface area contributed by atoms with E-state index in [9.17, 15) is 13.2 Å². The molecular weight excluding hydrogens is 215 g/mol. The van der Waals surface area contributed by atoms with Crippen LogP contribution in [0.1, 0.15) is 16.8 Å². The van der Waals surface area contributed by atoms with Crippen LogP contribution >= 0.6 is 0 Å². The number of hydrogen-bond acceptors (Lipinski definition) is 1. The van der Waals surface area contributed by atoms with Crippen LogP contribution in [0.2, 0.25) is 0 Å². The lowest BCUT2D eigenvalue weighted by molar-refractivity contribution is -0.136. The van der Waals surface area contributed by atoms with Gasteiger partial charge in [0.05, 0.1) is 11.1 Å².